The van der Waals surface area contributed by atoms with Crippen LogP contribution in [0.2, 0.25) is 0 Å². The fourth-order valence-electron chi connectivity index (χ4n) is 0.340. The van der Waals surface area contributed by atoms with Crippen molar-refractivity contribution in [2.45, 2.75) is 6.42 Å². The minimum Gasteiger partial charge on any atom is -0.358 e. The summed E-state index contributed by atoms with van der Waals surface area (Å²) in [6.07, 6.45) is 13.0. The monoisotopic (exact) mass is 364 g/mol. The van der Waals surface area contributed by atoms with Gasteiger partial charge in [-0.15, -0.1) is 6.42 Å². The standard InChI is InChI=1S/C5H5.2C3H5.5CH3.Nd/c1-2-4-5-3-1;2*1-3-2;;;;;;/h1-3H,4H2;2*3H,1-2H2;5*1H3;/q8*-1;. The van der Waals surface area contributed by atoms with Crippen molar-refractivity contribution in [1.82, 2.24) is 0 Å². The van der Waals surface area contributed by atoms with Gasteiger partial charge in [-0.1, -0.05) is 0 Å². The van der Waals surface area contributed by atoms with Crippen LogP contribution in [0.1, 0.15) is 6.42 Å². The Bertz CT molecular complexity index is 116. The van der Waals surface area contributed by atoms with E-state index in [1.54, 1.807) is 0 Å². The quantitative estimate of drug-likeness (QED) is 0.492. The largest absolute Gasteiger partial charge is 0.358 e. The average molecular weight is 367 g/mol. The number of hydrogen-bond donors (Lipinski definition) is 0. The summed E-state index contributed by atoms with van der Waals surface area (Å²) in [4.78, 5) is 0. The van der Waals surface area contributed by atoms with Gasteiger partial charge in [0.1, 0.15) is 0 Å². The van der Waals surface area contributed by atoms with E-state index in [9.17, 15) is 0 Å². The Morgan fingerprint density at radius 2 is 1.24 bits per heavy atom. The first-order valence-electron chi connectivity index (χ1n) is 3.35. The average Bonchev–Trinajstić information content (AvgIpc) is 2.44. The summed E-state index contributed by atoms with van der Waals surface area (Å²) in [5.74, 6) is 0. The molecule has 0 aromatic heterocycles. The molecule has 1 heteroatoms. The van der Waals surface area contributed by atoms with Crippen molar-refractivity contribution in [1.29, 1.82) is 0 Å². The summed E-state index contributed by atoms with van der Waals surface area (Å²) in [7, 11) is 0. The first-order chi connectivity index (χ1) is 5.33. The Balaban J connectivity index is -0.0000000105. The molecule has 17 heavy (non-hydrogen) atoms. The molecule has 0 aromatic carbocycles. The van der Waals surface area contributed by atoms with Crippen molar-refractivity contribution in [2.75, 3.05) is 0 Å². The van der Waals surface area contributed by atoms with Crippen LogP contribution in [-0.2, 0) is 0 Å². The molecule has 0 spiro atoms. The molecule has 1 rings (SSSR count). The van der Waals surface area contributed by atoms with Crippen LogP contribution in [-0.4, -0.2) is 0 Å². The van der Waals surface area contributed by atoms with Gasteiger partial charge in [0.05, 0.1) is 0 Å². The number of hydrogen-bond acceptors (Lipinski definition) is 0. The maximum atomic E-state index is 3.25. The molecule has 0 unspecified atom stereocenters. The second-order valence-corrected chi connectivity index (χ2v) is 1.58. The normalized spacial score (nSPS) is 6.59. The molecular weight excluding hydrogens is 336 g/mol. The van der Waals surface area contributed by atoms with Crippen molar-refractivity contribution in [3.05, 3.63) is 101 Å². The van der Waals surface area contributed by atoms with E-state index < -0.39 is 0 Å². The van der Waals surface area contributed by atoms with Gasteiger partial charge >= 0.3 is 0 Å². The first-order valence-corrected chi connectivity index (χ1v) is 3.35. The van der Waals surface area contributed by atoms with E-state index in [1.807, 2.05) is 12.2 Å². The molecule has 1 aliphatic rings. The molecule has 0 fully saturated rings. The maximum absolute atomic E-state index is 3.25. The van der Waals surface area contributed by atoms with Crippen LogP contribution in [0.25, 0.3) is 0 Å². The van der Waals surface area contributed by atoms with Gasteiger partial charge in [0, 0.05) is 40.8 Å². The second-order valence-electron chi connectivity index (χ2n) is 1.58. The molecule has 0 saturated carbocycles. The van der Waals surface area contributed by atoms with Gasteiger partial charge in [0.25, 0.3) is 0 Å². The zero-order valence-electron chi connectivity index (χ0n) is 12.4. The summed E-state index contributed by atoms with van der Waals surface area (Å²) in [5.41, 5.74) is 0. The van der Waals surface area contributed by atoms with Crippen LogP contribution >= 0.6 is 0 Å². The van der Waals surface area contributed by atoms with Gasteiger partial charge in [0.2, 0.25) is 0 Å². The van der Waals surface area contributed by atoms with E-state index >= 15 is 0 Å². The number of allylic oxidation sites excluding steroid dienone is 6. The molecule has 106 valence electrons. The second kappa shape index (κ2) is 73.1. The zero-order chi connectivity index (χ0) is 8.95. The first kappa shape index (κ1) is 53.6. The van der Waals surface area contributed by atoms with Crippen molar-refractivity contribution in [2.24, 2.45) is 0 Å². The predicted octanol–water partition coefficient (Wildman–Crippen LogP) is 5.57. The van der Waals surface area contributed by atoms with Crippen LogP contribution in [0.5, 0.6) is 0 Å². The van der Waals surface area contributed by atoms with Gasteiger partial charge in [-0.25, -0.2) is 51.3 Å². The van der Waals surface area contributed by atoms with Crippen molar-refractivity contribution >= 4 is 0 Å². The van der Waals surface area contributed by atoms with Gasteiger partial charge in [-0.3, -0.25) is 6.08 Å². The predicted molar refractivity (Wildman–Crippen MR) is 84.7 cm³/mol. The molecular formula is C16H30Nd-8. The smallest absolute Gasteiger partial charge is 0 e. The van der Waals surface area contributed by atoms with Crippen LogP contribution in [0.4, 0.5) is 0 Å². The maximum Gasteiger partial charge on any atom is 0 e. The SMILES string of the molecule is C=C[CH2-].C=C[CH2-].[C-]1=CC=CC1.[CH3-].[CH3-].[CH3-].[CH3-].[CH3-].[Nd]. The van der Waals surface area contributed by atoms with Crippen molar-refractivity contribution in [3.8, 4) is 0 Å². The summed E-state index contributed by atoms with van der Waals surface area (Å²) in [6, 6.07) is 0. The minimum atomic E-state index is 0. The Labute approximate surface area is 147 Å². The van der Waals surface area contributed by atoms with Gasteiger partial charge in [-0.2, -0.15) is 6.08 Å². The molecule has 0 N–H and O–H groups in total. The van der Waals surface area contributed by atoms with E-state index in [-0.39, 0.29) is 78.0 Å². The van der Waals surface area contributed by atoms with E-state index in [2.05, 4.69) is 39.2 Å². The fraction of sp³-hybridized carbons (Fsp3) is 0.0625. The third-order valence-corrected chi connectivity index (χ3v) is 0.586. The Hall–Kier alpha value is 0.0506. The fourth-order valence-corrected chi connectivity index (χ4v) is 0.340. The number of rotatable bonds is 0. The molecule has 0 atom stereocenters. The molecule has 0 heterocycles. The molecule has 0 nitrogen and oxygen atoms in total. The topological polar surface area (TPSA) is 0 Å². The summed E-state index contributed by atoms with van der Waals surface area (Å²) in [6.45, 7) is 13.0. The van der Waals surface area contributed by atoms with Crippen LogP contribution < -0.4 is 0 Å². The van der Waals surface area contributed by atoms with Gasteiger partial charge in [0.15, 0.2) is 0 Å². The van der Waals surface area contributed by atoms with Crippen molar-refractivity contribution in [3.63, 3.8) is 0 Å². The minimum absolute atomic E-state index is 0. The molecule has 0 amide bonds. The molecule has 1 aliphatic carbocycles. The van der Waals surface area contributed by atoms with Crippen molar-refractivity contribution < 1.29 is 40.8 Å². The summed E-state index contributed by atoms with van der Waals surface area (Å²) < 4.78 is 0. The Morgan fingerprint density at radius 3 is 1.29 bits per heavy atom. The zero-order valence-corrected chi connectivity index (χ0v) is 15.6. The molecule has 0 aliphatic heterocycles. The molecule has 0 bridgehead atoms. The van der Waals surface area contributed by atoms with Gasteiger partial charge in [-0.05, 0) is 0 Å². The van der Waals surface area contributed by atoms with Gasteiger partial charge < -0.3 is 37.1 Å². The third kappa shape index (κ3) is 124. The summed E-state index contributed by atoms with van der Waals surface area (Å²) >= 11 is 0. The Kier molecular flexibility index (Phi) is 231. The van der Waals surface area contributed by atoms with E-state index in [4.69, 9.17) is 0 Å². The third-order valence-electron chi connectivity index (χ3n) is 0.586. The summed E-state index contributed by atoms with van der Waals surface area (Å²) in [5, 5.41) is 0. The van der Waals surface area contributed by atoms with Crippen LogP contribution in [0, 0.1) is 97.9 Å². The van der Waals surface area contributed by atoms with Crippen LogP contribution in [0.3, 0.4) is 0 Å². The van der Waals surface area contributed by atoms with Crippen LogP contribution in [0.15, 0.2) is 43.5 Å². The molecule has 0 radical (unpaired) electrons. The van der Waals surface area contributed by atoms with E-state index in [0.29, 0.717) is 0 Å². The molecule has 0 aromatic rings. The van der Waals surface area contributed by atoms with E-state index in [0.717, 1.165) is 6.42 Å². The van der Waals surface area contributed by atoms with E-state index in [1.165, 1.54) is 12.2 Å². The Morgan fingerprint density at radius 1 is 0.941 bits per heavy atom. The molecule has 0 saturated heterocycles.